The number of halogens is 2. The smallest absolute Gasteiger partial charge is 0.338 e. The molecule has 0 bridgehead atoms. The van der Waals surface area contributed by atoms with E-state index in [9.17, 15) is 18.4 Å². The van der Waals surface area contributed by atoms with Crippen LogP contribution < -0.4 is 10.6 Å². The zero-order valence-corrected chi connectivity index (χ0v) is 13.2. The monoisotopic (exact) mass is 334 g/mol. The molecule has 0 fully saturated rings. The van der Waals surface area contributed by atoms with Crippen LogP contribution in [0.1, 0.15) is 15.9 Å². The molecule has 0 aliphatic rings. The summed E-state index contributed by atoms with van der Waals surface area (Å²) in [7, 11) is 1.29. The van der Waals surface area contributed by atoms with Gasteiger partial charge in [0.1, 0.15) is 0 Å². The van der Waals surface area contributed by atoms with E-state index in [2.05, 4.69) is 15.4 Å². The van der Waals surface area contributed by atoms with Gasteiger partial charge < -0.3 is 15.4 Å². The zero-order chi connectivity index (χ0) is 17.7. The number of carbonyl (C=O) groups excluding carboxylic acids is 2. The van der Waals surface area contributed by atoms with E-state index >= 15 is 0 Å². The number of nitrogens with one attached hydrogen (secondary N) is 2. The molecule has 0 spiro atoms. The number of carbonyl (C=O) groups is 2. The molecule has 2 N–H and O–H groups in total. The molecule has 0 aliphatic carbocycles. The highest BCUT2D eigenvalue weighted by Crippen LogP contribution is 2.19. The van der Waals surface area contributed by atoms with Gasteiger partial charge in [-0.3, -0.25) is 4.79 Å². The molecule has 0 saturated heterocycles. The van der Waals surface area contributed by atoms with Gasteiger partial charge in [0.25, 0.3) is 0 Å². The van der Waals surface area contributed by atoms with Gasteiger partial charge in [-0.05, 0) is 36.8 Å². The summed E-state index contributed by atoms with van der Waals surface area (Å²) in [6, 6.07) is 8.09. The average Bonchev–Trinajstić information content (AvgIpc) is 2.56. The van der Waals surface area contributed by atoms with E-state index in [0.717, 1.165) is 12.1 Å². The highest BCUT2D eigenvalue weighted by Gasteiger charge is 2.12. The number of esters is 1. The van der Waals surface area contributed by atoms with Gasteiger partial charge in [0, 0.05) is 17.4 Å². The first-order chi connectivity index (χ1) is 11.4. The fourth-order valence-corrected chi connectivity index (χ4v) is 2.11. The molecule has 2 rings (SSSR count). The molecular formula is C17H16F2N2O3. The normalized spacial score (nSPS) is 10.2. The summed E-state index contributed by atoms with van der Waals surface area (Å²) >= 11 is 0. The minimum Gasteiger partial charge on any atom is -0.465 e. The third kappa shape index (κ3) is 4.07. The molecular weight excluding hydrogens is 318 g/mol. The van der Waals surface area contributed by atoms with Crippen molar-refractivity contribution in [3.63, 3.8) is 0 Å². The summed E-state index contributed by atoms with van der Waals surface area (Å²) in [4.78, 5) is 23.5. The van der Waals surface area contributed by atoms with E-state index in [1.54, 1.807) is 25.1 Å². The Morgan fingerprint density at radius 3 is 2.54 bits per heavy atom. The number of hydrogen-bond donors (Lipinski definition) is 2. The molecule has 7 heteroatoms. The standard InChI is InChI=1S/C17H16F2N2O3/c1-10-12(17(23)24-2)4-3-5-15(10)20-9-16(22)21-11-6-7-13(18)14(19)8-11/h3-8,20H,9H2,1-2H3,(H,21,22). The van der Waals surface area contributed by atoms with Crippen LogP contribution in [0, 0.1) is 18.6 Å². The van der Waals surface area contributed by atoms with Crippen LogP contribution in [0.25, 0.3) is 0 Å². The van der Waals surface area contributed by atoms with Gasteiger partial charge in [-0.25, -0.2) is 13.6 Å². The lowest BCUT2D eigenvalue weighted by Gasteiger charge is -2.12. The highest BCUT2D eigenvalue weighted by molar-refractivity contribution is 5.95. The molecule has 0 heterocycles. The number of benzene rings is 2. The van der Waals surface area contributed by atoms with E-state index in [-0.39, 0.29) is 12.2 Å². The van der Waals surface area contributed by atoms with Crippen molar-refractivity contribution < 1.29 is 23.1 Å². The molecule has 24 heavy (non-hydrogen) atoms. The zero-order valence-electron chi connectivity index (χ0n) is 13.2. The molecule has 0 radical (unpaired) electrons. The number of anilines is 2. The summed E-state index contributed by atoms with van der Waals surface area (Å²) < 4.78 is 30.6. The van der Waals surface area contributed by atoms with Crippen LogP contribution in [0.15, 0.2) is 36.4 Å². The van der Waals surface area contributed by atoms with E-state index in [0.29, 0.717) is 16.8 Å². The Bertz CT molecular complexity index is 778. The van der Waals surface area contributed by atoms with Crippen molar-refractivity contribution in [3.05, 3.63) is 59.2 Å². The first kappa shape index (κ1) is 17.4. The molecule has 0 unspecified atom stereocenters. The van der Waals surface area contributed by atoms with Crippen LogP contribution in [0.3, 0.4) is 0 Å². The lowest BCUT2D eigenvalue weighted by Crippen LogP contribution is -2.22. The Balaban J connectivity index is 2.01. The fraction of sp³-hybridized carbons (Fsp3) is 0.176. The maximum atomic E-state index is 13.1. The molecule has 2 aromatic rings. The van der Waals surface area contributed by atoms with Gasteiger partial charge in [-0.1, -0.05) is 6.07 Å². The third-order valence-electron chi connectivity index (χ3n) is 3.38. The Morgan fingerprint density at radius 1 is 1.12 bits per heavy atom. The van der Waals surface area contributed by atoms with E-state index in [4.69, 9.17) is 0 Å². The maximum Gasteiger partial charge on any atom is 0.338 e. The number of hydrogen-bond acceptors (Lipinski definition) is 4. The van der Waals surface area contributed by atoms with Crippen molar-refractivity contribution in [3.8, 4) is 0 Å². The summed E-state index contributed by atoms with van der Waals surface area (Å²) in [6.07, 6.45) is 0. The maximum absolute atomic E-state index is 13.1. The molecule has 126 valence electrons. The van der Waals surface area contributed by atoms with E-state index in [1.807, 2.05) is 0 Å². The van der Waals surface area contributed by atoms with Crippen molar-refractivity contribution in [1.29, 1.82) is 0 Å². The highest BCUT2D eigenvalue weighted by atomic mass is 19.2. The summed E-state index contributed by atoms with van der Waals surface area (Å²) in [5, 5.41) is 5.34. The Morgan fingerprint density at radius 2 is 1.88 bits per heavy atom. The largest absolute Gasteiger partial charge is 0.465 e. The Kier molecular flexibility index (Phi) is 5.47. The summed E-state index contributed by atoms with van der Waals surface area (Å²) in [6.45, 7) is 1.62. The van der Waals surface area contributed by atoms with Gasteiger partial charge in [0.05, 0.1) is 19.2 Å². The van der Waals surface area contributed by atoms with Crippen LogP contribution in [0.2, 0.25) is 0 Å². The van der Waals surface area contributed by atoms with Crippen molar-refractivity contribution in [2.75, 3.05) is 24.3 Å². The quantitative estimate of drug-likeness (QED) is 0.825. The number of ether oxygens (including phenoxy) is 1. The Labute approximate surface area is 137 Å². The number of methoxy groups -OCH3 is 1. The molecule has 1 amide bonds. The first-order valence-corrected chi connectivity index (χ1v) is 7.09. The van der Waals surface area contributed by atoms with Gasteiger partial charge in [0.2, 0.25) is 5.91 Å². The third-order valence-corrected chi connectivity index (χ3v) is 3.38. The lowest BCUT2D eigenvalue weighted by atomic mass is 10.1. The van der Waals surface area contributed by atoms with Crippen LogP contribution in [-0.4, -0.2) is 25.5 Å². The Hall–Kier alpha value is -2.96. The fourth-order valence-electron chi connectivity index (χ4n) is 2.11. The average molecular weight is 334 g/mol. The second-order valence-corrected chi connectivity index (χ2v) is 5.00. The molecule has 0 aromatic heterocycles. The van der Waals surface area contributed by atoms with Crippen molar-refractivity contribution in [2.24, 2.45) is 0 Å². The second kappa shape index (κ2) is 7.54. The molecule has 0 saturated carbocycles. The lowest BCUT2D eigenvalue weighted by molar-refractivity contribution is -0.114. The van der Waals surface area contributed by atoms with Crippen molar-refractivity contribution in [2.45, 2.75) is 6.92 Å². The van der Waals surface area contributed by atoms with Crippen molar-refractivity contribution >= 4 is 23.3 Å². The predicted molar refractivity (Wildman–Crippen MR) is 86.0 cm³/mol. The van der Waals surface area contributed by atoms with E-state index < -0.39 is 23.5 Å². The SMILES string of the molecule is COC(=O)c1cccc(NCC(=O)Nc2ccc(F)c(F)c2)c1C. The molecule has 0 aliphatic heterocycles. The second-order valence-electron chi connectivity index (χ2n) is 5.00. The summed E-state index contributed by atoms with van der Waals surface area (Å²) in [5.41, 5.74) is 1.78. The summed E-state index contributed by atoms with van der Waals surface area (Å²) in [5.74, 6) is -2.94. The van der Waals surface area contributed by atoms with Gasteiger partial charge >= 0.3 is 5.97 Å². The molecule has 2 aromatic carbocycles. The van der Waals surface area contributed by atoms with Crippen molar-refractivity contribution in [1.82, 2.24) is 0 Å². The van der Waals surface area contributed by atoms with Crippen LogP contribution in [-0.2, 0) is 9.53 Å². The minimum atomic E-state index is -1.04. The van der Waals surface area contributed by atoms with Crippen LogP contribution >= 0.6 is 0 Å². The minimum absolute atomic E-state index is 0.107. The first-order valence-electron chi connectivity index (χ1n) is 7.09. The van der Waals surface area contributed by atoms with Crippen LogP contribution in [0.5, 0.6) is 0 Å². The number of rotatable bonds is 5. The predicted octanol–water partition coefficient (Wildman–Crippen LogP) is 3.11. The van der Waals surface area contributed by atoms with E-state index in [1.165, 1.54) is 13.2 Å². The van der Waals surface area contributed by atoms with Gasteiger partial charge in [-0.2, -0.15) is 0 Å². The molecule has 5 nitrogen and oxygen atoms in total. The topological polar surface area (TPSA) is 67.4 Å². The van der Waals surface area contributed by atoms with Gasteiger partial charge in [0.15, 0.2) is 11.6 Å². The van der Waals surface area contributed by atoms with Gasteiger partial charge in [-0.15, -0.1) is 0 Å². The molecule has 0 atom stereocenters. The number of amides is 1. The van der Waals surface area contributed by atoms with Crippen LogP contribution in [0.4, 0.5) is 20.2 Å².